The molecule has 0 radical (unpaired) electrons. The van der Waals surface area contributed by atoms with E-state index in [9.17, 15) is 9.59 Å². The van der Waals surface area contributed by atoms with Gasteiger partial charge in [-0.05, 0) is 6.92 Å². The number of carbonyl (C=O) groups is 2. The molecule has 0 aromatic carbocycles. The lowest BCUT2D eigenvalue weighted by Crippen LogP contribution is -2.35. The Morgan fingerprint density at radius 2 is 1.75 bits per heavy atom. The van der Waals surface area contributed by atoms with Gasteiger partial charge in [0, 0.05) is 18.4 Å². The van der Waals surface area contributed by atoms with Gasteiger partial charge in [-0.1, -0.05) is 20.8 Å². The Bertz CT molecular complexity index is 179. The third-order valence-corrected chi connectivity index (χ3v) is 1.44. The zero-order valence-electron chi connectivity index (χ0n) is 8.23. The molecule has 12 heavy (non-hydrogen) atoms. The average Bonchev–Trinajstić information content (AvgIpc) is 1.84. The van der Waals surface area contributed by atoms with Crippen molar-refractivity contribution in [1.29, 1.82) is 0 Å². The number of ketones is 1. The number of nitrogens with one attached hydrogen (secondary N) is 1. The molecule has 1 N–H and O–H groups in total. The average molecular weight is 171 g/mol. The minimum atomic E-state index is -0.364. The van der Waals surface area contributed by atoms with Crippen LogP contribution in [0.1, 0.15) is 34.1 Å². The fraction of sp³-hybridized carbons (Fsp3) is 0.778. The minimum absolute atomic E-state index is 0.0104. The van der Waals surface area contributed by atoms with Crippen molar-refractivity contribution in [1.82, 2.24) is 5.32 Å². The van der Waals surface area contributed by atoms with E-state index in [0.717, 1.165) is 0 Å². The molecular weight excluding hydrogens is 154 g/mol. The van der Waals surface area contributed by atoms with Crippen LogP contribution in [0.5, 0.6) is 0 Å². The van der Waals surface area contributed by atoms with E-state index in [4.69, 9.17) is 0 Å². The highest BCUT2D eigenvalue weighted by Gasteiger charge is 2.20. The largest absolute Gasteiger partial charge is 0.355 e. The molecule has 3 nitrogen and oxygen atoms in total. The van der Waals surface area contributed by atoms with E-state index in [1.807, 2.05) is 20.8 Å². The van der Waals surface area contributed by atoms with E-state index in [1.165, 1.54) is 6.92 Å². The molecule has 0 bridgehead atoms. The molecule has 0 unspecified atom stereocenters. The smallest absolute Gasteiger partial charge is 0.225 e. The van der Waals surface area contributed by atoms with Crippen LogP contribution in [0.15, 0.2) is 0 Å². The van der Waals surface area contributed by atoms with Crippen LogP contribution >= 0.6 is 0 Å². The molecule has 0 aliphatic heterocycles. The Hall–Kier alpha value is -0.860. The maximum Gasteiger partial charge on any atom is 0.225 e. The molecule has 70 valence electrons. The summed E-state index contributed by atoms with van der Waals surface area (Å²) in [5, 5.41) is 2.69. The molecule has 0 aromatic rings. The van der Waals surface area contributed by atoms with Gasteiger partial charge < -0.3 is 5.32 Å². The van der Waals surface area contributed by atoms with Crippen LogP contribution < -0.4 is 5.32 Å². The van der Waals surface area contributed by atoms with Crippen LogP contribution in [-0.2, 0) is 9.59 Å². The molecule has 0 aromatic heterocycles. The van der Waals surface area contributed by atoms with Gasteiger partial charge in [0.15, 0.2) is 0 Å². The Labute approximate surface area is 73.5 Å². The Morgan fingerprint density at radius 3 is 2.08 bits per heavy atom. The van der Waals surface area contributed by atoms with Crippen molar-refractivity contribution in [3.05, 3.63) is 0 Å². The van der Waals surface area contributed by atoms with Crippen molar-refractivity contribution in [2.24, 2.45) is 5.41 Å². The topological polar surface area (TPSA) is 46.2 Å². The highest BCUT2D eigenvalue weighted by molar-refractivity contribution is 5.82. The Kier molecular flexibility index (Phi) is 3.93. The molecule has 0 atom stereocenters. The normalized spacial score (nSPS) is 11.0. The van der Waals surface area contributed by atoms with E-state index in [0.29, 0.717) is 13.0 Å². The van der Waals surface area contributed by atoms with Gasteiger partial charge in [-0.2, -0.15) is 0 Å². The van der Waals surface area contributed by atoms with Crippen LogP contribution in [0.2, 0.25) is 0 Å². The molecule has 0 rings (SSSR count). The van der Waals surface area contributed by atoms with Crippen LogP contribution in [0.25, 0.3) is 0 Å². The SMILES string of the molecule is CC(=O)CCNC(=O)C(C)(C)C. The minimum Gasteiger partial charge on any atom is -0.355 e. The summed E-state index contributed by atoms with van der Waals surface area (Å²) < 4.78 is 0. The number of amides is 1. The first kappa shape index (κ1) is 11.1. The molecular formula is C9H17NO2. The number of rotatable bonds is 3. The van der Waals surface area contributed by atoms with Gasteiger partial charge in [-0.3, -0.25) is 9.59 Å². The number of hydrogen-bond donors (Lipinski definition) is 1. The van der Waals surface area contributed by atoms with Gasteiger partial charge in [0.1, 0.15) is 5.78 Å². The molecule has 0 aliphatic rings. The number of hydrogen-bond acceptors (Lipinski definition) is 2. The van der Waals surface area contributed by atoms with Gasteiger partial charge in [-0.15, -0.1) is 0 Å². The number of Topliss-reactive ketones (excluding diaryl/α,β-unsaturated/α-hetero) is 1. The first-order valence-corrected chi connectivity index (χ1v) is 4.12. The molecule has 0 spiro atoms. The predicted octanol–water partition coefficient (Wildman–Crippen LogP) is 1.13. The van der Waals surface area contributed by atoms with Crippen LogP contribution in [-0.4, -0.2) is 18.2 Å². The number of carbonyl (C=O) groups excluding carboxylic acids is 2. The van der Waals surface area contributed by atoms with E-state index < -0.39 is 0 Å². The molecule has 3 heteroatoms. The third kappa shape index (κ3) is 4.88. The van der Waals surface area contributed by atoms with Crippen molar-refractivity contribution in [2.45, 2.75) is 34.1 Å². The van der Waals surface area contributed by atoms with Gasteiger partial charge >= 0.3 is 0 Å². The summed E-state index contributed by atoms with van der Waals surface area (Å²) in [6, 6.07) is 0. The van der Waals surface area contributed by atoms with Crippen molar-refractivity contribution in [3.63, 3.8) is 0 Å². The second-order valence-electron chi connectivity index (χ2n) is 3.96. The van der Waals surface area contributed by atoms with E-state index in [-0.39, 0.29) is 17.1 Å². The molecule has 0 fully saturated rings. The van der Waals surface area contributed by atoms with Crippen LogP contribution in [0.4, 0.5) is 0 Å². The first-order chi connectivity index (χ1) is 5.34. The molecule has 0 saturated carbocycles. The van der Waals surface area contributed by atoms with E-state index >= 15 is 0 Å². The summed E-state index contributed by atoms with van der Waals surface area (Å²) in [6.45, 7) is 7.50. The molecule has 0 aliphatic carbocycles. The van der Waals surface area contributed by atoms with Gasteiger partial charge in [-0.25, -0.2) is 0 Å². The van der Waals surface area contributed by atoms with E-state index in [2.05, 4.69) is 5.32 Å². The molecule has 0 saturated heterocycles. The second-order valence-corrected chi connectivity index (χ2v) is 3.96. The zero-order valence-corrected chi connectivity index (χ0v) is 8.23. The highest BCUT2D eigenvalue weighted by atomic mass is 16.2. The Morgan fingerprint density at radius 1 is 1.25 bits per heavy atom. The lowest BCUT2D eigenvalue weighted by molar-refractivity contribution is -0.128. The summed E-state index contributed by atoms with van der Waals surface area (Å²) in [6.07, 6.45) is 0.418. The predicted molar refractivity (Wildman–Crippen MR) is 47.8 cm³/mol. The van der Waals surface area contributed by atoms with E-state index in [1.54, 1.807) is 0 Å². The lowest BCUT2D eigenvalue weighted by Gasteiger charge is -2.17. The fourth-order valence-corrected chi connectivity index (χ4v) is 0.617. The maximum atomic E-state index is 11.2. The second kappa shape index (κ2) is 4.24. The van der Waals surface area contributed by atoms with Gasteiger partial charge in [0.2, 0.25) is 5.91 Å². The summed E-state index contributed by atoms with van der Waals surface area (Å²) in [4.78, 5) is 21.7. The molecule has 1 amide bonds. The Balaban J connectivity index is 3.66. The van der Waals surface area contributed by atoms with Crippen molar-refractivity contribution < 1.29 is 9.59 Å². The van der Waals surface area contributed by atoms with Crippen molar-refractivity contribution >= 4 is 11.7 Å². The fourth-order valence-electron chi connectivity index (χ4n) is 0.617. The maximum absolute atomic E-state index is 11.2. The monoisotopic (exact) mass is 171 g/mol. The summed E-state index contributed by atoms with van der Waals surface area (Å²) in [5.74, 6) is 0.0907. The summed E-state index contributed by atoms with van der Waals surface area (Å²) in [7, 11) is 0. The van der Waals surface area contributed by atoms with Crippen molar-refractivity contribution in [2.75, 3.05) is 6.54 Å². The van der Waals surface area contributed by atoms with Gasteiger partial charge in [0.25, 0.3) is 0 Å². The molecule has 0 heterocycles. The summed E-state index contributed by atoms with van der Waals surface area (Å²) >= 11 is 0. The summed E-state index contributed by atoms with van der Waals surface area (Å²) in [5.41, 5.74) is -0.364. The highest BCUT2D eigenvalue weighted by Crippen LogP contribution is 2.11. The third-order valence-electron chi connectivity index (χ3n) is 1.44. The lowest BCUT2D eigenvalue weighted by atomic mass is 9.96. The van der Waals surface area contributed by atoms with Crippen LogP contribution in [0, 0.1) is 5.41 Å². The zero-order chi connectivity index (χ0) is 9.78. The van der Waals surface area contributed by atoms with Crippen molar-refractivity contribution in [3.8, 4) is 0 Å². The van der Waals surface area contributed by atoms with Crippen LogP contribution in [0.3, 0.4) is 0 Å². The quantitative estimate of drug-likeness (QED) is 0.691. The standard InChI is InChI=1S/C9H17NO2/c1-7(11)5-6-10-8(12)9(2,3)4/h5-6H2,1-4H3,(H,10,12). The van der Waals surface area contributed by atoms with Gasteiger partial charge in [0.05, 0.1) is 0 Å². The first-order valence-electron chi connectivity index (χ1n) is 4.12.